The van der Waals surface area contributed by atoms with E-state index in [9.17, 15) is 0 Å². The molecular weight excluding hydrogens is 148 g/mol. The molecule has 0 aliphatic carbocycles. The second-order valence-electron chi connectivity index (χ2n) is 3.29. The summed E-state index contributed by atoms with van der Waals surface area (Å²) in [5.74, 6) is 0. The molecule has 2 heterocycles. The summed E-state index contributed by atoms with van der Waals surface area (Å²) in [4.78, 5) is 3.21. The second kappa shape index (κ2) is 2.11. The Hall–Kier alpha value is -1.28. The Balaban J connectivity index is 2.21. The van der Waals surface area contributed by atoms with Gasteiger partial charge < -0.3 is 10.3 Å². The molecule has 1 saturated heterocycles. The Morgan fingerprint density at radius 2 is 2.17 bits per heavy atom. The molecule has 1 aliphatic rings. The third kappa shape index (κ3) is 0.850. The van der Waals surface area contributed by atoms with Crippen molar-refractivity contribution in [2.75, 3.05) is 6.54 Å². The minimum atomic E-state index is 0.609. The summed E-state index contributed by atoms with van der Waals surface area (Å²) in [6.07, 6.45) is 1.98. The first-order chi connectivity index (χ1) is 5.93. The monoisotopic (exact) mass is 158 g/mol. The van der Waals surface area contributed by atoms with Gasteiger partial charge in [-0.3, -0.25) is 0 Å². The molecule has 3 rings (SSSR count). The highest BCUT2D eigenvalue weighted by atomic mass is 15.1. The van der Waals surface area contributed by atoms with E-state index in [1.54, 1.807) is 0 Å². The molecule has 2 aromatic rings. The zero-order chi connectivity index (χ0) is 7.97. The smallest absolute Gasteiger partial charge is 0.0457 e. The van der Waals surface area contributed by atoms with E-state index in [0.717, 1.165) is 6.54 Å². The predicted octanol–water partition coefficient (Wildman–Crippen LogP) is 1.81. The highest BCUT2D eigenvalue weighted by Crippen LogP contribution is 2.24. The molecule has 1 aliphatic heterocycles. The predicted molar refractivity (Wildman–Crippen MR) is 49.0 cm³/mol. The van der Waals surface area contributed by atoms with E-state index in [4.69, 9.17) is 0 Å². The number of aromatic nitrogens is 1. The number of hydrogen-bond donors (Lipinski definition) is 2. The Labute approximate surface area is 70.6 Å². The highest BCUT2D eigenvalue weighted by Gasteiger charge is 2.21. The van der Waals surface area contributed by atoms with Crippen molar-refractivity contribution in [3.63, 3.8) is 0 Å². The van der Waals surface area contributed by atoms with Gasteiger partial charge in [0.1, 0.15) is 0 Å². The van der Waals surface area contributed by atoms with E-state index in [0.29, 0.717) is 6.04 Å². The minimum Gasteiger partial charge on any atom is -0.361 e. The zero-order valence-electron chi connectivity index (χ0n) is 6.67. The molecular formula is C10H10N2. The van der Waals surface area contributed by atoms with Gasteiger partial charge in [-0.1, -0.05) is 12.1 Å². The summed E-state index contributed by atoms with van der Waals surface area (Å²) in [6.45, 7) is 1.13. The van der Waals surface area contributed by atoms with Crippen LogP contribution in [-0.4, -0.2) is 11.5 Å². The lowest BCUT2D eigenvalue weighted by atomic mass is 10.1. The first-order valence-corrected chi connectivity index (χ1v) is 4.24. The summed E-state index contributed by atoms with van der Waals surface area (Å²) in [5, 5.41) is 4.58. The van der Waals surface area contributed by atoms with E-state index in [1.807, 2.05) is 6.20 Å². The van der Waals surface area contributed by atoms with Gasteiger partial charge in [0.2, 0.25) is 0 Å². The molecule has 60 valence electrons. The van der Waals surface area contributed by atoms with Crippen molar-refractivity contribution in [2.45, 2.75) is 6.04 Å². The fraction of sp³-hybridized carbons (Fsp3) is 0.200. The van der Waals surface area contributed by atoms with Crippen LogP contribution in [0.3, 0.4) is 0 Å². The van der Waals surface area contributed by atoms with Crippen LogP contribution in [0.5, 0.6) is 0 Å². The molecule has 0 unspecified atom stereocenters. The van der Waals surface area contributed by atoms with Crippen molar-refractivity contribution in [1.82, 2.24) is 10.3 Å². The minimum absolute atomic E-state index is 0.609. The first-order valence-electron chi connectivity index (χ1n) is 4.24. The lowest BCUT2D eigenvalue weighted by Crippen LogP contribution is -1.82. The van der Waals surface area contributed by atoms with Crippen LogP contribution in [0.2, 0.25) is 0 Å². The fourth-order valence-electron chi connectivity index (χ4n) is 1.58. The van der Waals surface area contributed by atoms with Crippen LogP contribution in [0.4, 0.5) is 0 Å². The lowest BCUT2D eigenvalue weighted by Gasteiger charge is -1.95. The quantitative estimate of drug-likeness (QED) is 0.610. The largest absolute Gasteiger partial charge is 0.361 e. The van der Waals surface area contributed by atoms with Crippen molar-refractivity contribution < 1.29 is 0 Å². The Morgan fingerprint density at radius 1 is 1.25 bits per heavy atom. The molecule has 1 fully saturated rings. The standard InChI is InChI=1S/C10H10N2/c1-2-8(10-6-12-10)5-9-7(1)3-4-11-9/h1-5,10-12H,6H2/t10-/m1/s1. The number of nitrogens with one attached hydrogen (secondary N) is 2. The Bertz CT molecular complexity index is 412. The van der Waals surface area contributed by atoms with Gasteiger partial charge in [-0.2, -0.15) is 0 Å². The number of hydrogen-bond acceptors (Lipinski definition) is 1. The van der Waals surface area contributed by atoms with Gasteiger partial charge in [0, 0.05) is 24.3 Å². The van der Waals surface area contributed by atoms with Crippen LogP contribution in [-0.2, 0) is 0 Å². The summed E-state index contributed by atoms with van der Waals surface area (Å²) in [7, 11) is 0. The maximum Gasteiger partial charge on any atom is 0.0457 e. The molecule has 12 heavy (non-hydrogen) atoms. The third-order valence-corrected chi connectivity index (χ3v) is 2.39. The van der Waals surface area contributed by atoms with E-state index >= 15 is 0 Å². The molecule has 1 aromatic carbocycles. The summed E-state index contributed by atoms with van der Waals surface area (Å²) < 4.78 is 0. The van der Waals surface area contributed by atoms with E-state index in [2.05, 4.69) is 34.6 Å². The first kappa shape index (κ1) is 6.26. The average molecular weight is 158 g/mol. The molecule has 0 amide bonds. The van der Waals surface area contributed by atoms with Gasteiger partial charge in [0.05, 0.1) is 0 Å². The van der Waals surface area contributed by atoms with Crippen molar-refractivity contribution in [3.8, 4) is 0 Å². The molecule has 2 heteroatoms. The highest BCUT2D eigenvalue weighted by molar-refractivity contribution is 5.80. The van der Waals surface area contributed by atoms with Gasteiger partial charge in [-0.25, -0.2) is 0 Å². The maximum atomic E-state index is 3.29. The van der Waals surface area contributed by atoms with Crippen LogP contribution >= 0.6 is 0 Å². The second-order valence-corrected chi connectivity index (χ2v) is 3.29. The van der Waals surface area contributed by atoms with Crippen molar-refractivity contribution >= 4 is 10.9 Å². The topological polar surface area (TPSA) is 37.7 Å². The van der Waals surface area contributed by atoms with Gasteiger partial charge in [0.25, 0.3) is 0 Å². The molecule has 0 bridgehead atoms. The molecule has 0 spiro atoms. The van der Waals surface area contributed by atoms with Crippen LogP contribution < -0.4 is 5.32 Å². The number of H-pyrrole nitrogens is 1. The summed E-state index contributed by atoms with van der Waals surface area (Å²) >= 11 is 0. The molecule has 1 aromatic heterocycles. The van der Waals surface area contributed by atoms with Crippen LogP contribution in [0.1, 0.15) is 11.6 Å². The molecule has 1 atom stereocenters. The SMILES string of the molecule is c1cc2ccc([C@H]3CN3)cc2[nH]1. The number of rotatable bonds is 1. The molecule has 0 saturated carbocycles. The van der Waals surface area contributed by atoms with Crippen LogP contribution in [0.15, 0.2) is 30.5 Å². The van der Waals surface area contributed by atoms with Gasteiger partial charge in [0.15, 0.2) is 0 Å². The van der Waals surface area contributed by atoms with E-state index in [-0.39, 0.29) is 0 Å². The molecule has 0 radical (unpaired) electrons. The summed E-state index contributed by atoms with van der Waals surface area (Å²) in [6, 6.07) is 9.29. The number of benzene rings is 1. The van der Waals surface area contributed by atoms with E-state index < -0.39 is 0 Å². The average Bonchev–Trinajstić information content (AvgIpc) is 2.84. The van der Waals surface area contributed by atoms with Crippen molar-refractivity contribution in [3.05, 3.63) is 36.0 Å². The van der Waals surface area contributed by atoms with E-state index in [1.165, 1.54) is 16.5 Å². The number of fused-ring (bicyclic) bond motifs is 1. The Kier molecular flexibility index (Phi) is 1.10. The van der Waals surface area contributed by atoms with Gasteiger partial charge >= 0.3 is 0 Å². The molecule has 2 N–H and O–H groups in total. The Morgan fingerprint density at radius 3 is 3.00 bits per heavy atom. The normalized spacial score (nSPS) is 21.5. The van der Waals surface area contributed by atoms with Crippen molar-refractivity contribution in [1.29, 1.82) is 0 Å². The summed E-state index contributed by atoms with van der Waals surface area (Å²) in [5.41, 5.74) is 2.63. The third-order valence-electron chi connectivity index (χ3n) is 2.39. The fourth-order valence-corrected chi connectivity index (χ4v) is 1.58. The van der Waals surface area contributed by atoms with Crippen LogP contribution in [0.25, 0.3) is 10.9 Å². The maximum absolute atomic E-state index is 3.29. The zero-order valence-corrected chi connectivity index (χ0v) is 6.67. The molecule has 2 nitrogen and oxygen atoms in total. The van der Waals surface area contributed by atoms with Gasteiger partial charge in [-0.05, 0) is 23.1 Å². The van der Waals surface area contributed by atoms with Gasteiger partial charge in [-0.15, -0.1) is 0 Å². The van der Waals surface area contributed by atoms with Crippen LogP contribution in [0, 0.1) is 0 Å². The lowest BCUT2D eigenvalue weighted by molar-refractivity contribution is 1.08. The van der Waals surface area contributed by atoms with Crippen molar-refractivity contribution in [2.24, 2.45) is 0 Å². The number of aromatic amines is 1.